The van der Waals surface area contributed by atoms with E-state index in [0.717, 1.165) is 39.5 Å². The molecule has 0 radical (unpaired) electrons. The average Bonchev–Trinajstić information content (AvgIpc) is 2.70. The molecule has 8 heteroatoms. The molecule has 0 atom stereocenters. The highest BCUT2D eigenvalue weighted by molar-refractivity contribution is 7.80. The van der Waals surface area contributed by atoms with Crippen LogP contribution >= 0.6 is 12.2 Å². The quantitative estimate of drug-likeness (QED) is 0.297. The fourth-order valence-electron chi connectivity index (χ4n) is 3.26. The van der Waals surface area contributed by atoms with Crippen molar-refractivity contribution < 1.29 is 4.74 Å². The van der Waals surface area contributed by atoms with E-state index in [-0.39, 0.29) is 0 Å². The number of aromatic nitrogens is 2. The van der Waals surface area contributed by atoms with Crippen LogP contribution in [0.2, 0.25) is 0 Å². The van der Waals surface area contributed by atoms with Crippen LogP contribution in [-0.2, 0) is 6.54 Å². The zero-order valence-electron chi connectivity index (χ0n) is 19.0. The van der Waals surface area contributed by atoms with Crippen molar-refractivity contribution in [3.8, 4) is 5.75 Å². The van der Waals surface area contributed by atoms with Gasteiger partial charge in [-0.3, -0.25) is 5.32 Å². The minimum absolute atomic E-state index is 0.413. The first-order valence-electron chi connectivity index (χ1n) is 10.2. The molecule has 0 saturated heterocycles. The van der Waals surface area contributed by atoms with Gasteiger partial charge in [-0.05, 0) is 86.9 Å². The average molecular weight is 449 g/mol. The standard InChI is InChI=1S/C24H28N6OS/c1-15-9-16(2)11-20(10-15)28-24(32)30-22(29-23-26-17(3)12-18(4)27-23)25-14-19-7-6-8-21(13-19)31-5/h6-13H,14H2,1-5H3,(H3,25,26,27,28,29,30,32). The first-order valence-corrected chi connectivity index (χ1v) is 10.6. The van der Waals surface area contributed by atoms with E-state index in [0.29, 0.717) is 23.6 Å². The zero-order chi connectivity index (χ0) is 23.1. The van der Waals surface area contributed by atoms with Crippen LogP contribution in [0.25, 0.3) is 0 Å². The van der Waals surface area contributed by atoms with Gasteiger partial charge in [-0.2, -0.15) is 0 Å². The van der Waals surface area contributed by atoms with Crippen molar-refractivity contribution in [2.24, 2.45) is 4.99 Å². The Bertz CT molecular complexity index is 1100. The van der Waals surface area contributed by atoms with E-state index >= 15 is 0 Å². The Kier molecular flexibility index (Phi) is 7.72. The van der Waals surface area contributed by atoms with E-state index in [1.807, 2.05) is 56.3 Å². The molecule has 0 saturated carbocycles. The molecule has 1 heterocycles. The van der Waals surface area contributed by atoms with E-state index in [9.17, 15) is 0 Å². The van der Waals surface area contributed by atoms with Crippen LogP contribution in [0.5, 0.6) is 5.75 Å². The van der Waals surface area contributed by atoms with E-state index in [2.05, 4.69) is 50.8 Å². The van der Waals surface area contributed by atoms with Gasteiger partial charge >= 0.3 is 0 Å². The first kappa shape index (κ1) is 23.1. The zero-order valence-corrected chi connectivity index (χ0v) is 19.8. The van der Waals surface area contributed by atoms with Crippen molar-refractivity contribution in [1.29, 1.82) is 0 Å². The van der Waals surface area contributed by atoms with Gasteiger partial charge in [0.25, 0.3) is 0 Å². The third-order valence-electron chi connectivity index (χ3n) is 4.48. The number of nitrogens with zero attached hydrogens (tertiary/aromatic N) is 3. The summed E-state index contributed by atoms with van der Waals surface area (Å²) in [6.07, 6.45) is 0. The third kappa shape index (κ3) is 7.02. The summed E-state index contributed by atoms with van der Waals surface area (Å²) in [7, 11) is 1.64. The van der Waals surface area contributed by atoms with E-state index in [1.165, 1.54) is 0 Å². The van der Waals surface area contributed by atoms with Crippen molar-refractivity contribution in [2.75, 3.05) is 17.7 Å². The normalized spacial score (nSPS) is 11.1. The summed E-state index contributed by atoms with van der Waals surface area (Å²) in [6, 6.07) is 15.9. The molecule has 0 aliphatic heterocycles. The highest BCUT2D eigenvalue weighted by atomic mass is 32.1. The monoisotopic (exact) mass is 448 g/mol. The van der Waals surface area contributed by atoms with Gasteiger partial charge < -0.3 is 15.4 Å². The minimum Gasteiger partial charge on any atom is -0.497 e. The second-order valence-corrected chi connectivity index (χ2v) is 7.98. The lowest BCUT2D eigenvalue weighted by molar-refractivity contribution is 0.414. The van der Waals surface area contributed by atoms with Crippen molar-refractivity contribution in [2.45, 2.75) is 34.2 Å². The molecule has 166 valence electrons. The Balaban J connectivity index is 1.80. The smallest absolute Gasteiger partial charge is 0.229 e. The lowest BCUT2D eigenvalue weighted by Crippen LogP contribution is -2.39. The minimum atomic E-state index is 0.413. The molecule has 0 aliphatic rings. The van der Waals surface area contributed by atoms with Crippen LogP contribution < -0.4 is 20.7 Å². The van der Waals surface area contributed by atoms with Gasteiger partial charge in [-0.15, -0.1) is 0 Å². The Morgan fingerprint density at radius 2 is 1.62 bits per heavy atom. The molecule has 7 nitrogen and oxygen atoms in total. The number of rotatable bonds is 5. The summed E-state index contributed by atoms with van der Waals surface area (Å²) in [5.41, 5.74) is 5.95. The number of methoxy groups -OCH3 is 1. The largest absolute Gasteiger partial charge is 0.497 e. The molecule has 3 N–H and O–H groups in total. The van der Waals surface area contributed by atoms with Gasteiger partial charge in [-0.1, -0.05) is 18.2 Å². The lowest BCUT2D eigenvalue weighted by atomic mass is 10.1. The topological polar surface area (TPSA) is 83.5 Å². The van der Waals surface area contributed by atoms with Crippen molar-refractivity contribution in [3.05, 3.63) is 76.6 Å². The number of aryl methyl sites for hydroxylation is 4. The summed E-state index contributed by atoms with van der Waals surface area (Å²) >= 11 is 5.53. The van der Waals surface area contributed by atoms with Crippen LogP contribution in [-0.4, -0.2) is 28.1 Å². The van der Waals surface area contributed by atoms with Gasteiger partial charge in [-0.25, -0.2) is 15.0 Å². The fraction of sp³-hybridized carbons (Fsp3) is 0.250. The molecule has 0 spiro atoms. The van der Waals surface area contributed by atoms with Crippen molar-refractivity contribution in [1.82, 2.24) is 15.3 Å². The molecule has 1 aromatic heterocycles. The van der Waals surface area contributed by atoms with Crippen LogP contribution in [0.15, 0.2) is 53.5 Å². The van der Waals surface area contributed by atoms with Gasteiger partial charge in [0.2, 0.25) is 11.9 Å². The Morgan fingerprint density at radius 3 is 2.28 bits per heavy atom. The molecule has 0 amide bonds. The Hall–Kier alpha value is -3.52. The van der Waals surface area contributed by atoms with Crippen molar-refractivity contribution in [3.63, 3.8) is 0 Å². The number of benzene rings is 2. The number of thiocarbonyl (C=S) groups is 1. The highest BCUT2D eigenvalue weighted by Gasteiger charge is 2.08. The molecular formula is C24H28N6OS. The third-order valence-corrected chi connectivity index (χ3v) is 4.68. The number of anilines is 2. The van der Waals surface area contributed by atoms with Crippen LogP contribution in [0.3, 0.4) is 0 Å². The second kappa shape index (κ2) is 10.7. The summed E-state index contributed by atoms with van der Waals surface area (Å²) < 4.78 is 5.30. The molecule has 32 heavy (non-hydrogen) atoms. The number of hydrogen-bond donors (Lipinski definition) is 3. The van der Waals surface area contributed by atoms with Crippen LogP contribution in [0.1, 0.15) is 28.1 Å². The lowest BCUT2D eigenvalue weighted by Gasteiger charge is -2.15. The molecule has 0 aliphatic carbocycles. The van der Waals surface area contributed by atoms with E-state index in [1.54, 1.807) is 7.11 Å². The number of aliphatic imine (C=N–C) groups is 1. The van der Waals surface area contributed by atoms with Gasteiger partial charge in [0.1, 0.15) is 5.75 Å². The number of nitrogens with one attached hydrogen (secondary N) is 3. The Labute approximate surface area is 194 Å². The molecule has 0 bridgehead atoms. The maximum atomic E-state index is 5.53. The Morgan fingerprint density at radius 1 is 0.938 bits per heavy atom. The summed E-state index contributed by atoms with van der Waals surface area (Å²) in [4.78, 5) is 13.6. The summed E-state index contributed by atoms with van der Waals surface area (Å²) in [6.45, 7) is 8.37. The number of ether oxygens (including phenoxy) is 1. The molecule has 0 fully saturated rings. The molecule has 2 aromatic carbocycles. The summed E-state index contributed by atoms with van der Waals surface area (Å²) in [5, 5.41) is 9.93. The predicted octanol–water partition coefficient (Wildman–Crippen LogP) is 4.67. The first-order chi connectivity index (χ1) is 15.3. The molecule has 3 rings (SSSR count). The molecule has 0 unspecified atom stereocenters. The van der Waals surface area contributed by atoms with E-state index < -0.39 is 0 Å². The summed E-state index contributed by atoms with van der Waals surface area (Å²) in [5.74, 6) is 1.68. The van der Waals surface area contributed by atoms with Gasteiger partial charge in [0, 0.05) is 17.1 Å². The van der Waals surface area contributed by atoms with Gasteiger partial charge in [0.15, 0.2) is 5.11 Å². The molecule has 3 aromatic rings. The SMILES string of the molecule is COc1cccc(CN=C(NC(=S)Nc2cc(C)cc(C)c2)Nc2nc(C)cc(C)n2)c1. The van der Waals surface area contributed by atoms with Crippen molar-refractivity contribution >= 4 is 34.9 Å². The fourth-order valence-corrected chi connectivity index (χ4v) is 3.47. The van der Waals surface area contributed by atoms with Crippen LogP contribution in [0.4, 0.5) is 11.6 Å². The van der Waals surface area contributed by atoms with Gasteiger partial charge in [0.05, 0.1) is 13.7 Å². The molecular weight excluding hydrogens is 420 g/mol. The number of guanidine groups is 1. The number of hydrogen-bond acceptors (Lipinski definition) is 5. The van der Waals surface area contributed by atoms with Crippen LogP contribution in [0, 0.1) is 27.7 Å². The highest BCUT2D eigenvalue weighted by Crippen LogP contribution is 2.15. The maximum absolute atomic E-state index is 5.53. The van der Waals surface area contributed by atoms with E-state index in [4.69, 9.17) is 17.0 Å². The second-order valence-electron chi connectivity index (χ2n) is 7.57. The maximum Gasteiger partial charge on any atom is 0.229 e. The predicted molar refractivity (Wildman–Crippen MR) is 135 cm³/mol.